The van der Waals surface area contributed by atoms with Crippen LogP contribution >= 0.6 is 0 Å². The van der Waals surface area contributed by atoms with Crippen molar-refractivity contribution < 1.29 is 9.53 Å². The van der Waals surface area contributed by atoms with Crippen molar-refractivity contribution in [1.29, 1.82) is 0 Å². The monoisotopic (exact) mass is 339 g/mol. The number of nitrogens with zero attached hydrogens (tertiary/aromatic N) is 2. The lowest BCUT2D eigenvalue weighted by Gasteiger charge is -2.22. The molecule has 25 heavy (non-hydrogen) atoms. The summed E-state index contributed by atoms with van der Waals surface area (Å²) in [6.07, 6.45) is 0.996. The Labute approximate surface area is 149 Å². The third kappa shape index (κ3) is 4.97. The molecular formula is C20H25N3O2. The number of hydrogen-bond acceptors (Lipinski definition) is 3. The van der Waals surface area contributed by atoms with Crippen molar-refractivity contribution in [3.63, 3.8) is 0 Å². The number of para-hydroxylation sites is 2. The fourth-order valence-corrected chi connectivity index (χ4v) is 2.87. The first-order valence-electron chi connectivity index (χ1n) is 8.72. The largest absolute Gasteiger partial charge is 0.487 e. The van der Waals surface area contributed by atoms with E-state index < -0.39 is 0 Å². The van der Waals surface area contributed by atoms with Gasteiger partial charge < -0.3 is 19.9 Å². The van der Waals surface area contributed by atoms with Crippen LogP contribution in [0.5, 0.6) is 5.75 Å². The van der Waals surface area contributed by atoms with Crippen LogP contribution in [-0.2, 0) is 6.61 Å². The minimum atomic E-state index is -0.0638. The predicted molar refractivity (Wildman–Crippen MR) is 99.9 cm³/mol. The average molecular weight is 339 g/mol. The maximum atomic E-state index is 12.6. The summed E-state index contributed by atoms with van der Waals surface area (Å²) >= 11 is 0. The van der Waals surface area contributed by atoms with Crippen molar-refractivity contribution >= 4 is 11.7 Å². The van der Waals surface area contributed by atoms with Crippen molar-refractivity contribution in [2.75, 3.05) is 38.5 Å². The molecular weight excluding hydrogens is 314 g/mol. The second-order valence-corrected chi connectivity index (χ2v) is 6.34. The van der Waals surface area contributed by atoms with Gasteiger partial charge in [0.15, 0.2) is 0 Å². The molecule has 0 unspecified atom stereocenters. The first-order chi connectivity index (χ1) is 12.2. The Balaban J connectivity index is 1.63. The normalized spacial score (nSPS) is 15.5. The van der Waals surface area contributed by atoms with E-state index in [1.807, 2.05) is 59.5 Å². The van der Waals surface area contributed by atoms with Gasteiger partial charge in [0.05, 0.1) is 5.69 Å². The molecule has 2 aromatic rings. The second kappa shape index (κ2) is 8.53. The fourth-order valence-electron chi connectivity index (χ4n) is 2.87. The van der Waals surface area contributed by atoms with E-state index in [-0.39, 0.29) is 6.03 Å². The van der Waals surface area contributed by atoms with Gasteiger partial charge in [-0.3, -0.25) is 0 Å². The van der Waals surface area contributed by atoms with Crippen LogP contribution in [0.2, 0.25) is 0 Å². The van der Waals surface area contributed by atoms with Crippen LogP contribution in [0.25, 0.3) is 0 Å². The lowest BCUT2D eigenvalue weighted by Crippen LogP contribution is -2.37. The summed E-state index contributed by atoms with van der Waals surface area (Å²) < 4.78 is 5.91. The zero-order valence-corrected chi connectivity index (χ0v) is 14.6. The van der Waals surface area contributed by atoms with Crippen LogP contribution in [0, 0.1) is 0 Å². The summed E-state index contributed by atoms with van der Waals surface area (Å²) in [5, 5.41) is 3.00. The van der Waals surface area contributed by atoms with E-state index in [0.29, 0.717) is 18.0 Å². The number of likely N-dealkylation sites (N-methyl/N-ethyl adjacent to an activating group) is 1. The molecule has 1 fully saturated rings. The van der Waals surface area contributed by atoms with Gasteiger partial charge in [0, 0.05) is 19.6 Å². The minimum Gasteiger partial charge on any atom is -0.487 e. The summed E-state index contributed by atoms with van der Waals surface area (Å²) in [5.74, 6) is 0.687. The molecule has 132 valence electrons. The summed E-state index contributed by atoms with van der Waals surface area (Å²) in [4.78, 5) is 16.7. The number of amides is 2. The molecule has 1 aliphatic heterocycles. The molecule has 0 radical (unpaired) electrons. The molecule has 5 heteroatoms. The first kappa shape index (κ1) is 17.3. The van der Waals surface area contributed by atoms with Gasteiger partial charge in [0.25, 0.3) is 0 Å². The Morgan fingerprint density at radius 3 is 2.60 bits per heavy atom. The Morgan fingerprint density at radius 1 is 1.00 bits per heavy atom. The highest BCUT2D eigenvalue weighted by Gasteiger charge is 2.18. The zero-order valence-electron chi connectivity index (χ0n) is 14.6. The highest BCUT2D eigenvalue weighted by atomic mass is 16.5. The van der Waals surface area contributed by atoms with Crippen LogP contribution in [-0.4, -0.2) is 49.1 Å². The topological polar surface area (TPSA) is 44.8 Å². The van der Waals surface area contributed by atoms with Gasteiger partial charge in [-0.15, -0.1) is 0 Å². The zero-order chi connectivity index (χ0) is 17.5. The van der Waals surface area contributed by atoms with Crippen molar-refractivity contribution in [2.24, 2.45) is 0 Å². The Kier molecular flexibility index (Phi) is 5.90. The molecule has 1 saturated heterocycles. The Hall–Kier alpha value is -2.53. The van der Waals surface area contributed by atoms with Gasteiger partial charge in [0.1, 0.15) is 12.4 Å². The number of hydrogen-bond donors (Lipinski definition) is 1. The van der Waals surface area contributed by atoms with Crippen LogP contribution in [0.3, 0.4) is 0 Å². The number of nitrogens with one attached hydrogen (secondary N) is 1. The summed E-state index contributed by atoms with van der Waals surface area (Å²) in [5.41, 5.74) is 1.81. The van der Waals surface area contributed by atoms with Crippen LogP contribution in [0.1, 0.15) is 12.0 Å². The molecule has 0 atom stereocenters. The van der Waals surface area contributed by atoms with Gasteiger partial charge in [-0.25, -0.2) is 4.79 Å². The molecule has 1 heterocycles. The van der Waals surface area contributed by atoms with E-state index in [2.05, 4.69) is 17.3 Å². The summed E-state index contributed by atoms with van der Waals surface area (Å²) in [7, 11) is 2.09. The number of carbonyl (C=O) groups is 1. The lowest BCUT2D eigenvalue weighted by atomic mass is 10.2. The smallest absolute Gasteiger partial charge is 0.321 e. The van der Waals surface area contributed by atoms with Gasteiger partial charge in [-0.1, -0.05) is 42.5 Å². The van der Waals surface area contributed by atoms with E-state index in [9.17, 15) is 4.79 Å². The standard InChI is InChI=1S/C20H25N3O2/c1-22-12-7-13-23(15-14-22)20(24)21-18-10-5-6-11-19(18)25-16-17-8-3-2-4-9-17/h2-6,8-11H,7,12-16H2,1H3,(H,21,24). The second-order valence-electron chi connectivity index (χ2n) is 6.34. The summed E-state index contributed by atoms with van der Waals surface area (Å²) in [6.45, 7) is 3.93. The fraction of sp³-hybridized carbons (Fsp3) is 0.350. The quantitative estimate of drug-likeness (QED) is 0.928. The maximum absolute atomic E-state index is 12.6. The molecule has 2 amide bonds. The van der Waals surface area contributed by atoms with Gasteiger partial charge in [-0.2, -0.15) is 0 Å². The van der Waals surface area contributed by atoms with Gasteiger partial charge in [-0.05, 0) is 37.7 Å². The number of urea groups is 1. The number of anilines is 1. The van der Waals surface area contributed by atoms with Crippen molar-refractivity contribution in [1.82, 2.24) is 9.80 Å². The number of rotatable bonds is 4. The molecule has 1 N–H and O–H groups in total. The minimum absolute atomic E-state index is 0.0638. The molecule has 5 nitrogen and oxygen atoms in total. The molecule has 0 spiro atoms. The van der Waals surface area contributed by atoms with E-state index >= 15 is 0 Å². The van der Waals surface area contributed by atoms with Crippen molar-refractivity contribution in [3.8, 4) is 5.75 Å². The molecule has 3 rings (SSSR count). The van der Waals surface area contributed by atoms with E-state index in [1.54, 1.807) is 0 Å². The molecule has 0 aliphatic carbocycles. The molecule has 1 aliphatic rings. The predicted octanol–water partition coefficient (Wildman–Crippen LogP) is 3.44. The molecule has 0 aromatic heterocycles. The Morgan fingerprint density at radius 2 is 1.76 bits per heavy atom. The lowest BCUT2D eigenvalue weighted by molar-refractivity contribution is 0.213. The SMILES string of the molecule is CN1CCCN(C(=O)Nc2ccccc2OCc2ccccc2)CC1. The van der Waals surface area contributed by atoms with Crippen LogP contribution in [0.15, 0.2) is 54.6 Å². The molecule has 0 bridgehead atoms. The number of benzene rings is 2. The van der Waals surface area contributed by atoms with Crippen LogP contribution in [0.4, 0.5) is 10.5 Å². The van der Waals surface area contributed by atoms with E-state index in [4.69, 9.17) is 4.74 Å². The summed E-state index contributed by atoms with van der Waals surface area (Å²) in [6, 6.07) is 17.5. The Bertz CT molecular complexity index is 690. The van der Waals surface area contributed by atoms with Gasteiger partial charge in [0.2, 0.25) is 0 Å². The van der Waals surface area contributed by atoms with E-state index in [0.717, 1.165) is 38.2 Å². The maximum Gasteiger partial charge on any atom is 0.321 e. The van der Waals surface area contributed by atoms with E-state index in [1.165, 1.54) is 0 Å². The number of ether oxygens (including phenoxy) is 1. The number of carbonyl (C=O) groups excluding carboxylic acids is 1. The van der Waals surface area contributed by atoms with Crippen molar-refractivity contribution in [2.45, 2.75) is 13.0 Å². The molecule has 0 saturated carbocycles. The average Bonchev–Trinajstić information content (AvgIpc) is 2.86. The van der Waals surface area contributed by atoms with Crippen LogP contribution < -0.4 is 10.1 Å². The highest BCUT2D eigenvalue weighted by Crippen LogP contribution is 2.25. The van der Waals surface area contributed by atoms with Crippen molar-refractivity contribution in [3.05, 3.63) is 60.2 Å². The third-order valence-electron chi connectivity index (χ3n) is 4.37. The van der Waals surface area contributed by atoms with Gasteiger partial charge >= 0.3 is 6.03 Å². The third-order valence-corrected chi connectivity index (χ3v) is 4.37. The first-order valence-corrected chi connectivity index (χ1v) is 8.72. The highest BCUT2D eigenvalue weighted by molar-refractivity contribution is 5.91. The molecule has 2 aromatic carbocycles.